The second-order valence-corrected chi connectivity index (χ2v) is 4.94. The molecule has 0 heterocycles. The normalized spacial score (nSPS) is 12.2. The lowest BCUT2D eigenvalue weighted by molar-refractivity contribution is -0.140. The maximum Gasteiger partial charge on any atom is 0.305 e. The molecule has 5 heteroatoms. The third kappa shape index (κ3) is 4.84. The van der Waals surface area contributed by atoms with Crippen LogP contribution in [-0.2, 0) is 9.53 Å². The molecule has 1 unspecified atom stereocenters. The van der Waals surface area contributed by atoms with Gasteiger partial charge in [0.25, 0.3) is 0 Å². The average Bonchev–Trinajstić information content (AvgIpc) is 2.34. The Kier molecular flexibility index (Phi) is 6.47. The summed E-state index contributed by atoms with van der Waals surface area (Å²) in [4.78, 5) is 10.9. The predicted molar refractivity (Wildman–Crippen MR) is 73.9 cm³/mol. The summed E-state index contributed by atoms with van der Waals surface area (Å²) in [5.74, 6) is -0.187. The van der Waals surface area contributed by atoms with E-state index in [1.54, 1.807) is 12.1 Å². The summed E-state index contributed by atoms with van der Waals surface area (Å²) in [6.45, 7) is 0. The molecule has 0 radical (unpaired) electrons. The molecule has 0 spiro atoms. The quantitative estimate of drug-likeness (QED) is 0.641. The summed E-state index contributed by atoms with van der Waals surface area (Å²) in [5, 5.41) is 1.18. The third-order valence-corrected chi connectivity index (χ3v) is 3.30. The molecule has 0 saturated carbocycles. The van der Waals surface area contributed by atoms with E-state index in [-0.39, 0.29) is 12.0 Å². The van der Waals surface area contributed by atoms with Crippen LogP contribution in [0.4, 0.5) is 0 Å². The van der Waals surface area contributed by atoms with Crippen molar-refractivity contribution in [3.05, 3.63) is 33.8 Å². The van der Waals surface area contributed by atoms with Crippen molar-refractivity contribution in [1.82, 2.24) is 0 Å². The minimum Gasteiger partial charge on any atom is -0.469 e. The van der Waals surface area contributed by atoms with E-state index in [1.165, 1.54) is 7.11 Å². The van der Waals surface area contributed by atoms with Crippen molar-refractivity contribution in [2.45, 2.75) is 31.7 Å². The van der Waals surface area contributed by atoms with Crippen molar-refractivity contribution >= 4 is 29.2 Å². The third-order valence-electron chi connectivity index (χ3n) is 2.74. The van der Waals surface area contributed by atoms with Gasteiger partial charge in [-0.25, -0.2) is 0 Å². The number of unbranched alkanes of at least 4 members (excludes halogenated alkanes) is 1. The molecule has 100 valence electrons. The first kappa shape index (κ1) is 15.3. The van der Waals surface area contributed by atoms with Crippen LogP contribution in [0.25, 0.3) is 0 Å². The van der Waals surface area contributed by atoms with Crippen molar-refractivity contribution in [2.24, 2.45) is 5.73 Å². The smallest absolute Gasteiger partial charge is 0.305 e. The summed E-state index contributed by atoms with van der Waals surface area (Å²) >= 11 is 11.9. The topological polar surface area (TPSA) is 52.3 Å². The Hall–Kier alpha value is -0.770. The second kappa shape index (κ2) is 7.62. The van der Waals surface area contributed by atoms with Crippen LogP contribution >= 0.6 is 23.2 Å². The maximum atomic E-state index is 10.9. The summed E-state index contributed by atoms with van der Waals surface area (Å²) in [7, 11) is 1.39. The molecule has 0 fully saturated rings. The average molecular weight is 290 g/mol. The molecule has 18 heavy (non-hydrogen) atoms. The molecule has 0 amide bonds. The highest BCUT2D eigenvalue weighted by Crippen LogP contribution is 2.27. The van der Waals surface area contributed by atoms with Crippen molar-refractivity contribution in [3.8, 4) is 0 Å². The Bertz CT molecular complexity index is 410. The van der Waals surface area contributed by atoms with Gasteiger partial charge in [0, 0.05) is 22.5 Å². The van der Waals surface area contributed by atoms with E-state index in [2.05, 4.69) is 4.74 Å². The number of carbonyl (C=O) groups excluding carboxylic acids is 1. The lowest BCUT2D eigenvalue weighted by Gasteiger charge is -2.13. The fourth-order valence-corrected chi connectivity index (χ4v) is 2.24. The van der Waals surface area contributed by atoms with Crippen LogP contribution in [0, 0.1) is 0 Å². The zero-order valence-electron chi connectivity index (χ0n) is 10.3. The summed E-state index contributed by atoms with van der Waals surface area (Å²) in [5.41, 5.74) is 6.94. The first-order valence-electron chi connectivity index (χ1n) is 5.82. The molecule has 2 N–H and O–H groups in total. The lowest BCUT2D eigenvalue weighted by atomic mass is 10.0. The zero-order valence-corrected chi connectivity index (χ0v) is 11.8. The van der Waals surface area contributed by atoms with E-state index in [9.17, 15) is 4.79 Å². The van der Waals surface area contributed by atoms with E-state index in [0.29, 0.717) is 16.5 Å². The summed E-state index contributed by atoms with van der Waals surface area (Å²) in [6.07, 6.45) is 2.83. The summed E-state index contributed by atoms with van der Waals surface area (Å²) < 4.78 is 4.57. The SMILES string of the molecule is COC(=O)CCCCC(N)c1ccc(Cl)cc1Cl. The molecule has 0 bridgehead atoms. The Balaban J connectivity index is 2.40. The molecule has 0 aliphatic carbocycles. The Morgan fingerprint density at radius 3 is 2.72 bits per heavy atom. The van der Waals surface area contributed by atoms with Crippen molar-refractivity contribution in [1.29, 1.82) is 0 Å². The van der Waals surface area contributed by atoms with Gasteiger partial charge in [0.1, 0.15) is 0 Å². The molecule has 0 aliphatic rings. The van der Waals surface area contributed by atoms with Crippen molar-refractivity contribution in [3.63, 3.8) is 0 Å². The number of carbonyl (C=O) groups is 1. The fourth-order valence-electron chi connectivity index (χ4n) is 1.69. The molecule has 1 aromatic rings. The van der Waals surface area contributed by atoms with Gasteiger partial charge >= 0.3 is 5.97 Å². The number of nitrogens with two attached hydrogens (primary N) is 1. The molecule has 1 aromatic carbocycles. The fraction of sp³-hybridized carbons (Fsp3) is 0.462. The van der Waals surface area contributed by atoms with Gasteiger partial charge in [0.15, 0.2) is 0 Å². The number of hydrogen-bond donors (Lipinski definition) is 1. The predicted octanol–water partition coefficient (Wildman–Crippen LogP) is 3.73. The number of ether oxygens (including phenoxy) is 1. The van der Waals surface area contributed by atoms with Crippen molar-refractivity contribution in [2.75, 3.05) is 7.11 Å². The standard InChI is InChI=1S/C13H17Cl2NO2/c1-18-13(17)5-3-2-4-12(16)10-7-6-9(14)8-11(10)15/h6-8,12H,2-5,16H2,1H3. The van der Waals surface area contributed by atoms with E-state index in [4.69, 9.17) is 28.9 Å². The Morgan fingerprint density at radius 1 is 1.39 bits per heavy atom. The maximum absolute atomic E-state index is 10.9. The van der Waals surface area contributed by atoms with E-state index in [0.717, 1.165) is 24.8 Å². The lowest BCUT2D eigenvalue weighted by Crippen LogP contribution is -2.11. The van der Waals surface area contributed by atoms with Gasteiger partial charge in [-0.15, -0.1) is 0 Å². The Morgan fingerprint density at radius 2 is 2.11 bits per heavy atom. The monoisotopic (exact) mass is 289 g/mol. The van der Waals surface area contributed by atoms with Crippen LogP contribution in [0.5, 0.6) is 0 Å². The summed E-state index contributed by atoms with van der Waals surface area (Å²) in [6, 6.07) is 5.17. The van der Waals surface area contributed by atoms with E-state index in [1.807, 2.05) is 6.07 Å². The van der Waals surface area contributed by atoms with Crippen LogP contribution in [-0.4, -0.2) is 13.1 Å². The van der Waals surface area contributed by atoms with Gasteiger partial charge in [-0.3, -0.25) is 4.79 Å². The van der Waals surface area contributed by atoms with Gasteiger partial charge in [0.05, 0.1) is 7.11 Å². The van der Waals surface area contributed by atoms with Gasteiger partial charge in [-0.2, -0.15) is 0 Å². The van der Waals surface area contributed by atoms with Crippen LogP contribution < -0.4 is 5.73 Å². The van der Waals surface area contributed by atoms with Gasteiger partial charge < -0.3 is 10.5 Å². The minimum atomic E-state index is -0.187. The van der Waals surface area contributed by atoms with E-state index < -0.39 is 0 Å². The Labute approximate surface area is 117 Å². The van der Waals surface area contributed by atoms with Crippen molar-refractivity contribution < 1.29 is 9.53 Å². The van der Waals surface area contributed by atoms with Crippen LogP contribution in [0.15, 0.2) is 18.2 Å². The first-order valence-corrected chi connectivity index (χ1v) is 6.57. The number of esters is 1. The molecule has 0 saturated heterocycles. The molecule has 1 atom stereocenters. The molecule has 0 aromatic heterocycles. The van der Waals surface area contributed by atoms with Gasteiger partial charge in [-0.1, -0.05) is 35.7 Å². The number of methoxy groups -OCH3 is 1. The van der Waals surface area contributed by atoms with Crippen LogP contribution in [0.2, 0.25) is 10.0 Å². The van der Waals surface area contributed by atoms with Gasteiger partial charge in [-0.05, 0) is 30.5 Å². The number of halogens is 2. The molecule has 1 rings (SSSR count). The first-order chi connectivity index (χ1) is 8.54. The highest BCUT2D eigenvalue weighted by Gasteiger charge is 2.10. The number of benzene rings is 1. The van der Waals surface area contributed by atoms with Crippen LogP contribution in [0.3, 0.4) is 0 Å². The molecular formula is C13H17Cl2NO2. The zero-order chi connectivity index (χ0) is 13.5. The van der Waals surface area contributed by atoms with Crippen LogP contribution in [0.1, 0.15) is 37.3 Å². The molecule has 3 nitrogen and oxygen atoms in total. The largest absolute Gasteiger partial charge is 0.469 e. The highest BCUT2D eigenvalue weighted by molar-refractivity contribution is 6.35. The van der Waals surface area contributed by atoms with Gasteiger partial charge in [0.2, 0.25) is 0 Å². The van der Waals surface area contributed by atoms with E-state index >= 15 is 0 Å². The number of hydrogen-bond acceptors (Lipinski definition) is 3. The highest BCUT2D eigenvalue weighted by atomic mass is 35.5. The second-order valence-electron chi connectivity index (χ2n) is 4.09. The molecular weight excluding hydrogens is 273 g/mol. The molecule has 0 aliphatic heterocycles. The minimum absolute atomic E-state index is 0.132. The number of rotatable bonds is 6.